The van der Waals surface area contributed by atoms with E-state index in [1.165, 1.54) is 0 Å². The van der Waals surface area contributed by atoms with Gasteiger partial charge in [0.05, 0.1) is 0 Å². The molecule has 10 heavy (non-hydrogen) atoms. The third-order valence-corrected chi connectivity index (χ3v) is 1.34. The highest BCUT2D eigenvalue weighted by Gasteiger charge is 2.05. The highest BCUT2D eigenvalue weighted by molar-refractivity contribution is 7.43. The van der Waals surface area contributed by atoms with Crippen LogP contribution in [0.3, 0.4) is 0 Å². The molecular formula is C5H7N3OP+. The second-order valence-corrected chi connectivity index (χ2v) is 2.53. The second kappa shape index (κ2) is 3.25. The van der Waals surface area contributed by atoms with Crippen LogP contribution in [0.1, 0.15) is 0 Å². The van der Waals surface area contributed by atoms with Gasteiger partial charge in [-0.1, -0.05) is 11.6 Å². The van der Waals surface area contributed by atoms with E-state index in [2.05, 4.69) is 10.1 Å². The number of nitrogens with zero attached hydrogens (tertiary/aromatic N) is 1. The van der Waals surface area contributed by atoms with Crippen molar-refractivity contribution in [1.29, 1.82) is 0 Å². The van der Waals surface area contributed by atoms with Crippen molar-refractivity contribution in [3.63, 3.8) is 0 Å². The highest BCUT2D eigenvalue weighted by atomic mass is 31.1. The molecule has 0 aliphatic rings. The number of rotatable bonds is 2. The predicted molar refractivity (Wildman–Crippen MR) is 39.7 cm³/mol. The maximum atomic E-state index is 10.4. The maximum Gasteiger partial charge on any atom is 0.559 e. The summed E-state index contributed by atoms with van der Waals surface area (Å²) in [4.78, 5) is 3.84. The van der Waals surface area contributed by atoms with Crippen LogP contribution in [0, 0.1) is 0 Å². The van der Waals surface area contributed by atoms with Crippen LogP contribution in [-0.4, -0.2) is 4.98 Å². The molecule has 0 bridgehead atoms. The first-order valence-electron chi connectivity index (χ1n) is 2.68. The van der Waals surface area contributed by atoms with Gasteiger partial charge in [-0.3, -0.25) is 0 Å². The van der Waals surface area contributed by atoms with Crippen molar-refractivity contribution in [3.8, 4) is 0 Å². The summed E-state index contributed by atoms with van der Waals surface area (Å²) in [5.74, 6) is 0.533. The smallest absolute Gasteiger partial charge is 0.236 e. The fraction of sp³-hybridized carbons (Fsp3) is 0. The molecule has 3 N–H and O–H groups in total. The first-order valence-corrected chi connectivity index (χ1v) is 4.01. The van der Waals surface area contributed by atoms with E-state index in [1.54, 1.807) is 24.4 Å². The Morgan fingerprint density at radius 1 is 1.60 bits per heavy atom. The molecule has 0 aliphatic carbocycles. The van der Waals surface area contributed by atoms with Crippen molar-refractivity contribution in [2.75, 3.05) is 5.09 Å². The lowest BCUT2D eigenvalue weighted by atomic mass is 10.5. The van der Waals surface area contributed by atoms with Gasteiger partial charge in [0.1, 0.15) is 0 Å². The molecule has 1 unspecified atom stereocenters. The average molecular weight is 156 g/mol. The van der Waals surface area contributed by atoms with Crippen LogP contribution in [0.25, 0.3) is 0 Å². The van der Waals surface area contributed by atoms with Crippen LogP contribution in [-0.2, 0) is 4.57 Å². The van der Waals surface area contributed by atoms with E-state index in [4.69, 9.17) is 5.50 Å². The van der Waals surface area contributed by atoms with Crippen molar-refractivity contribution in [3.05, 3.63) is 24.4 Å². The largest absolute Gasteiger partial charge is 0.559 e. The third-order valence-electron chi connectivity index (χ3n) is 0.890. The SMILES string of the molecule is N[P+](=O)Nc1ccccn1. The third kappa shape index (κ3) is 2.09. The first kappa shape index (κ1) is 7.12. The Bertz CT molecular complexity index is 226. The minimum absolute atomic E-state index is 0.533. The van der Waals surface area contributed by atoms with Gasteiger partial charge in [-0.25, -0.2) is 4.98 Å². The fourth-order valence-corrected chi connectivity index (χ4v) is 0.900. The Balaban J connectivity index is 2.67. The van der Waals surface area contributed by atoms with E-state index >= 15 is 0 Å². The zero-order valence-electron chi connectivity index (χ0n) is 5.19. The van der Waals surface area contributed by atoms with Gasteiger partial charge in [-0.2, -0.15) is 0 Å². The minimum atomic E-state index is -1.84. The summed E-state index contributed by atoms with van der Waals surface area (Å²) in [6, 6.07) is 5.25. The first-order chi connectivity index (χ1) is 4.79. The average Bonchev–Trinajstić information content (AvgIpc) is 1.88. The lowest BCUT2D eigenvalue weighted by Crippen LogP contribution is -1.93. The Morgan fingerprint density at radius 3 is 2.90 bits per heavy atom. The molecule has 0 fully saturated rings. The Labute approximate surface area is 59.4 Å². The molecule has 0 radical (unpaired) electrons. The van der Waals surface area contributed by atoms with Crippen molar-refractivity contribution in [2.24, 2.45) is 5.50 Å². The summed E-state index contributed by atoms with van der Waals surface area (Å²) < 4.78 is 10.4. The highest BCUT2D eigenvalue weighted by Crippen LogP contribution is 2.11. The molecule has 1 atom stereocenters. The summed E-state index contributed by atoms with van der Waals surface area (Å²) in [6.45, 7) is 0. The van der Waals surface area contributed by atoms with E-state index in [9.17, 15) is 4.57 Å². The van der Waals surface area contributed by atoms with Crippen LogP contribution >= 0.6 is 8.10 Å². The van der Waals surface area contributed by atoms with Gasteiger partial charge >= 0.3 is 8.10 Å². The van der Waals surface area contributed by atoms with Crippen LogP contribution in [0.4, 0.5) is 5.82 Å². The van der Waals surface area contributed by atoms with Crippen molar-refractivity contribution < 1.29 is 4.57 Å². The number of nitrogens with one attached hydrogen (secondary N) is 1. The van der Waals surface area contributed by atoms with Gasteiger partial charge in [0.25, 0.3) is 0 Å². The summed E-state index contributed by atoms with van der Waals surface area (Å²) in [5, 5.41) is 2.48. The quantitative estimate of drug-likeness (QED) is 0.629. The minimum Gasteiger partial charge on any atom is -0.236 e. The number of nitrogens with two attached hydrogens (primary N) is 1. The summed E-state index contributed by atoms with van der Waals surface area (Å²) >= 11 is 0. The summed E-state index contributed by atoms with van der Waals surface area (Å²) in [7, 11) is -1.84. The van der Waals surface area contributed by atoms with Gasteiger partial charge < -0.3 is 0 Å². The van der Waals surface area contributed by atoms with Crippen molar-refractivity contribution in [2.45, 2.75) is 0 Å². The molecule has 0 spiro atoms. The number of aromatic nitrogens is 1. The molecule has 52 valence electrons. The van der Waals surface area contributed by atoms with Crippen LogP contribution in [0.5, 0.6) is 0 Å². The lowest BCUT2D eigenvalue weighted by molar-refractivity contribution is 0.591. The van der Waals surface area contributed by atoms with Crippen LogP contribution in [0.2, 0.25) is 0 Å². The summed E-state index contributed by atoms with van der Waals surface area (Å²) in [5.41, 5.74) is 4.98. The Kier molecular flexibility index (Phi) is 2.31. The number of pyridine rings is 1. The molecule has 4 nitrogen and oxygen atoms in total. The molecule has 0 aliphatic heterocycles. The number of hydrogen-bond acceptors (Lipinski definition) is 2. The van der Waals surface area contributed by atoms with Gasteiger partial charge in [-0.05, 0) is 16.7 Å². The topological polar surface area (TPSA) is 68.0 Å². The van der Waals surface area contributed by atoms with Gasteiger partial charge in [0.2, 0.25) is 0 Å². The van der Waals surface area contributed by atoms with Gasteiger partial charge in [0.15, 0.2) is 5.82 Å². The molecule has 5 heteroatoms. The number of anilines is 1. The molecule has 1 aromatic heterocycles. The van der Waals surface area contributed by atoms with Crippen LogP contribution < -0.4 is 10.6 Å². The fourth-order valence-electron chi connectivity index (χ4n) is 0.542. The van der Waals surface area contributed by atoms with E-state index in [0.717, 1.165) is 0 Å². The zero-order chi connectivity index (χ0) is 7.40. The van der Waals surface area contributed by atoms with E-state index in [1.807, 2.05) is 0 Å². The molecule has 1 heterocycles. The van der Waals surface area contributed by atoms with Crippen LogP contribution in [0.15, 0.2) is 24.4 Å². The Hall–Kier alpha value is -0.990. The molecule has 1 aromatic rings. The molecular weight excluding hydrogens is 149 g/mol. The van der Waals surface area contributed by atoms with Crippen molar-refractivity contribution >= 4 is 13.9 Å². The summed E-state index contributed by atoms with van der Waals surface area (Å²) in [6.07, 6.45) is 1.60. The lowest BCUT2D eigenvalue weighted by Gasteiger charge is -1.88. The number of hydrogen-bond donors (Lipinski definition) is 2. The molecule has 1 rings (SSSR count). The van der Waals surface area contributed by atoms with E-state index < -0.39 is 8.10 Å². The second-order valence-electron chi connectivity index (χ2n) is 1.65. The predicted octanol–water partition coefficient (Wildman–Crippen LogP) is 1.11. The van der Waals surface area contributed by atoms with Crippen molar-refractivity contribution in [1.82, 2.24) is 4.98 Å². The maximum absolute atomic E-state index is 10.4. The van der Waals surface area contributed by atoms with Gasteiger partial charge in [-0.15, -0.1) is 5.09 Å². The zero-order valence-corrected chi connectivity index (χ0v) is 6.08. The molecule has 0 aromatic carbocycles. The Morgan fingerprint density at radius 2 is 2.40 bits per heavy atom. The molecule has 0 saturated heterocycles. The van der Waals surface area contributed by atoms with Gasteiger partial charge in [0, 0.05) is 6.20 Å². The normalized spacial score (nSPS) is 10.7. The van der Waals surface area contributed by atoms with E-state index in [0.29, 0.717) is 5.82 Å². The van der Waals surface area contributed by atoms with E-state index in [-0.39, 0.29) is 0 Å². The standard InChI is InChI=1S/C5H7N3OP/c6-10(9)8-5-3-1-2-4-7-5/h1-4H,(H3,6,7,8,9)/q+1. The monoisotopic (exact) mass is 156 g/mol. The molecule has 0 amide bonds. The molecule has 0 saturated carbocycles.